The highest BCUT2D eigenvalue weighted by Gasteiger charge is 2.46. The lowest BCUT2D eigenvalue weighted by Gasteiger charge is -2.40. The van der Waals surface area contributed by atoms with Gasteiger partial charge >= 0.3 is 12.2 Å². The normalized spacial score (nSPS) is 17.0. The maximum Gasteiger partial charge on any atom is 0.416 e. The number of sulfone groups is 1. The van der Waals surface area contributed by atoms with Gasteiger partial charge in [0.05, 0.1) is 51.4 Å². The van der Waals surface area contributed by atoms with Crippen molar-refractivity contribution in [3.8, 4) is 12.1 Å². The third-order valence-electron chi connectivity index (χ3n) is 5.67. The number of urea groups is 1. The second-order valence-electron chi connectivity index (χ2n) is 8.01. The van der Waals surface area contributed by atoms with Crippen LogP contribution in [-0.4, -0.2) is 39.2 Å². The molecule has 0 aromatic heterocycles. The molecule has 1 heterocycles. The summed E-state index contributed by atoms with van der Waals surface area (Å²) in [6.07, 6.45) is -4.12. The Bertz CT molecular complexity index is 1620. The second-order valence-corrected chi connectivity index (χ2v) is 12.1. The number of allylic oxidation sites excluding steroid dienone is 1. The van der Waals surface area contributed by atoms with Gasteiger partial charge in [0.1, 0.15) is 6.04 Å². The summed E-state index contributed by atoms with van der Waals surface area (Å²) in [5.74, 6) is -0.435. The Labute approximate surface area is 211 Å². The molecule has 1 aliphatic rings. The van der Waals surface area contributed by atoms with Gasteiger partial charge in [-0.3, -0.25) is 4.90 Å². The van der Waals surface area contributed by atoms with Crippen LogP contribution in [0.3, 0.4) is 0 Å². The molecule has 3 rings (SSSR count). The van der Waals surface area contributed by atoms with E-state index >= 15 is 0 Å². The molecule has 0 spiro atoms. The number of hydrogen-bond donors (Lipinski definition) is 0. The summed E-state index contributed by atoms with van der Waals surface area (Å²) in [7, 11) is -8.62. The maximum absolute atomic E-state index is 13.6. The van der Waals surface area contributed by atoms with E-state index in [0.717, 1.165) is 30.3 Å². The number of sulfonamides is 1. The van der Waals surface area contributed by atoms with E-state index in [1.165, 1.54) is 19.9 Å². The summed E-state index contributed by atoms with van der Waals surface area (Å²) in [5.41, 5.74) is -2.35. The Hall–Kier alpha value is -3.88. The number of benzene rings is 2. The summed E-state index contributed by atoms with van der Waals surface area (Å²) in [4.78, 5) is 13.8. The third-order valence-corrected chi connectivity index (χ3v) is 8.54. The molecule has 0 fully saturated rings. The zero-order valence-electron chi connectivity index (χ0n) is 19.6. The highest BCUT2D eigenvalue weighted by atomic mass is 32.2. The molecular weight excluding hydrogens is 533 g/mol. The summed E-state index contributed by atoms with van der Waals surface area (Å²) < 4.78 is 91.7. The van der Waals surface area contributed by atoms with Crippen LogP contribution in [0, 0.1) is 22.7 Å². The van der Waals surface area contributed by atoms with Crippen LogP contribution < -0.4 is 4.90 Å². The van der Waals surface area contributed by atoms with Crippen molar-refractivity contribution < 1.29 is 34.8 Å². The highest BCUT2D eigenvalue weighted by Crippen LogP contribution is 2.43. The van der Waals surface area contributed by atoms with Crippen LogP contribution in [0.2, 0.25) is 0 Å². The molecule has 0 N–H and O–H groups in total. The third kappa shape index (κ3) is 5.03. The van der Waals surface area contributed by atoms with Crippen LogP contribution >= 0.6 is 0 Å². The maximum atomic E-state index is 13.6. The molecule has 2 amide bonds. The van der Waals surface area contributed by atoms with E-state index < -0.39 is 54.3 Å². The van der Waals surface area contributed by atoms with Gasteiger partial charge in [0.25, 0.3) is 0 Å². The Balaban J connectivity index is 2.41. The van der Waals surface area contributed by atoms with Gasteiger partial charge in [0, 0.05) is 5.70 Å². The van der Waals surface area contributed by atoms with Gasteiger partial charge in [-0.15, -0.1) is 0 Å². The molecule has 0 aliphatic carbocycles. The molecule has 0 saturated heterocycles. The van der Waals surface area contributed by atoms with Crippen LogP contribution in [0.1, 0.15) is 36.6 Å². The van der Waals surface area contributed by atoms with Crippen molar-refractivity contribution in [2.75, 3.05) is 16.9 Å². The molecule has 1 unspecified atom stereocenters. The number of hydrogen-bond acceptors (Lipinski definition) is 7. The standard InChI is InChI=1S/C23H19F3N4O5S2/c1-4-37(34,35)20-10-15(12-27)8-9-18(20)21-19(13-28)14(2)29(22(31)30(21)36(3,32)33)17-7-5-6-16(11-17)23(24,25)26/h5-11,21H,4H2,1-3H3. The summed E-state index contributed by atoms with van der Waals surface area (Å²) in [5, 5.41) is 19.3. The molecule has 37 heavy (non-hydrogen) atoms. The number of nitrogens with zero attached hydrogens (tertiary/aromatic N) is 4. The zero-order valence-corrected chi connectivity index (χ0v) is 21.2. The van der Waals surface area contributed by atoms with Gasteiger partial charge in [0.2, 0.25) is 10.0 Å². The molecule has 2 aromatic carbocycles. The van der Waals surface area contributed by atoms with Gasteiger partial charge in [-0.2, -0.15) is 23.7 Å². The minimum atomic E-state index is -4.77. The fourth-order valence-corrected chi connectivity index (χ4v) is 6.05. The predicted octanol–water partition coefficient (Wildman–Crippen LogP) is 4.11. The van der Waals surface area contributed by atoms with Gasteiger partial charge in [0.15, 0.2) is 9.84 Å². The highest BCUT2D eigenvalue weighted by molar-refractivity contribution is 7.91. The Morgan fingerprint density at radius 2 is 1.68 bits per heavy atom. The lowest BCUT2D eigenvalue weighted by Crippen LogP contribution is -2.52. The van der Waals surface area contributed by atoms with Crippen LogP contribution in [-0.2, 0) is 26.0 Å². The van der Waals surface area contributed by atoms with Crippen LogP contribution in [0.5, 0.6) is 0 Å². The van der Waals surface area contributed by atoms with Crippen molar-refractivity contribution in [3.05, 3.63) is 70.4 Å². The number of halogens is 3. The molecule has 9 nitrogen and oxygen atoms in total. The average Bonchev–Trinajstić information content (AvgIpc) is 2.82. The first-order valence-corrected chi connectivity index (χ1v) is 14.0. The first kappa shape index (κ1) is 27.7. The largest absolute Gasteiger partial charge is 0.416 e. The number of nitriles is 2. The smallest absolute Gasteiger partial charge is 0.265 e. The van der Waals surface area contributed by atoms with E-state index in [9.17, 15) is 45.3 Å². The van der Waals surface area contributed by atoms with Gasteiger partial charge < -0.3 is 0 Å². The molecule has 14 heteroatoms. The topological polar surface area (TPSA) is 139 Å². The number of amides is 2. The van der Waals surface area contributed by atoms with E-state index in [1.54, 1.807) is 12.1 Å². The quantitative estimate of drug-likeness (QED) is 0.544. The lowest BCUT2D eigenvalue weighted by molar-refractivity contribution is -0.137. The van der Waals surface area contributed by atoms with Crippen LogP contribution in [0.15, 0.2) is 58.6 Å². The molecule has 1 atom stereocenters. The van der Waals surface area contributed by atoms with Crippen LogP contribution in [0.25, 0.3) is 0 Å². The monoisotopic (exact) mass is 552 g/mol. The average molecular weight is 553 g/mol. The van der Waals surface area contributed by atoms with E-state index in [2.05, 4.69) is 0 Å². The minimum Gasteiger partial charge on any atom is -0.265 e. The number of anilines is 1. The fraction of sp³-hybridized carbons (Fsp3) is 0.261. The number of alkyl halides is 3. The lowest BCUT2D eigenvalue weighted by atomic mass is 9.94. The summed E-state index contributed by atoms with van der Waals surface area (Å²) in [6, 6.07) is 7.43. The van der Waals surface area contributed by atoms with Crippen molar-refractivity contribution in [1.29, 1.82) is 10.5 Å². The molecule has 0 bridgehead atoms. The molecule has 194 valence electrons. The van der Waals surface area contributed by atoms with Crippen molar-refractivity contribution in [1.82, 2.24) is 4.31 Å². The first-order valence-electron chi connectivity index (χ1n) is 10.5. The predicted molar refractivity (Wildman–Crippen MR) is 126 cm³/mol. The molecule has 0 radical (unpaired) electrons. The van der Waals surface area contributed by atoms with Gasteiger partial charge in [-0.25, -0.2) is 25.9 Å². The van der Waals surface area contributed by atoms with Crippen molar-refractivity contribution >= 4 is 31.6 Å². The molecular formula is C23H19F3N4O5S2. The zero-order chi connectivity index (χ0) is 27.9. The first-order chi connectivity index (χ1) is 17.1. The van der Waals surface area contributed by atoms with Gasteiger partial charge in [-0.05, 0) is 42.8 Å². The van der Waals surface area contributed by atoms with E-state index in [1.807, 2.05) is 0 Å². The van der Waals surface area contributed by atoms with Crippen molar-refractivity contribution in [3.63, 3.8) is 0 Å². The molecule has 2 aromatic rings. The van der Waals surface area contributed by atoms with Crippen molar-refractivity contribution in [2.24, 2.45) is 0 Å². The summed E-state index contributed by atoms with van der Waals surface area (Å²) in [6.45, 7) is 2.56. The summed E-state index contributed by atoms with van der Waals surface area (Å²) >= 11 is 0. The van der Waals surface area contributed by atoms with Crippen LogP contribution in [0.4, 0.5) is 23.7 Å². The Morgan fingerprint density at radius 3 is 2.19 bits per heavy atom. The van der Waals surface area contributed by atoms with E-state index in [4.69, 9.17) is 0 Å². The number of carbonyl (C=O) groups excluding carboxylic acids is 1. The fourth-order valence-electron chi connectivity index (χ4n) is 3.93. The minimum absolute atomic E-state index is 0.0615. The Kier molecular flexibility index (Phi) is 7.14. The van der Waals surface area contributed by atoms with E-state index in [-0.39, 0.29) is 32.4 Å². The Morgan fingerprint density at radius 1 is 1.03 bits per heavy atom. The van der Waals surface area contributed by atoms with Gasteiger partial charge in [-0.1, -0.05) is 19.1 Å². The molecule has 1 aliphatic heterocycles. The SMILES string of the molecule is CCS(=O)(=O)c1cc(C#N)ccc1C1C(C#N)=C(C)N(c2cccc(C(F)(F)F)c2)C(=O)N1S(C)(=O)=O. The molecule has 0 saturated carbocycles. The van der Waals surface area contributed by atoms with E-state index in [0.29, 0.717) is 17.2 Å². The second kappa shape index (κ2) is 9.53. The number of carbonyl (C=O) groups is 1. The van der Waals surface area contributed by atoms with Crippen molar-refractivity contribution in [2.45, 2.75) is 31.0 Å². The number of rotatable bonds is 5.